The van der Waals surface area contributed by atoms with E-state index in [9.17, 15) is 4.79 Å². The van der Waals surface area contributed by atoms with E-state index in [0.717, 1.165) is 18.7 Å². The van der Waals surface area contributed by atoms with Crippen LogP contribution < -0.4 is 0 Å². The summed E-state index contributed by atoms with van der Waals surface area (Å²) in [6, 6.07) is 10.3. The second-order valence-electron chi connectivity index (χ2n) is 5.69. The number of carbonyl (C=O) groups excluding carboxylic acids is 1. The molecular weight excluding hydrogens is 258 g/mol. The first-order valence-electron chi connectivity index (χ1n) is 6.61. The summed E-state index contributed by atoms with van der Waals surface area (Å²) >= 11 is 1.82. The third kappa shape index (κ3) is 4.16. The van der Waals surface area contributed by atoms with Crippen molar-refractivity contribution in [3.63, 3.8) is 0 Å². The molecule has 1 saturated heterocycles. The van der Waals surface area contributed by atoms with Crippen LogP contribution in [-0.2, 0) is 11.2 Å². The number of amides is 1. The number of rotatable bonds is 2. The van der Waals surface area contributed by atoms with Crippen molar-refractivity contribution in [2.45, 2.75) is 38.2 Å². The first-order valence-corrected chi connectivity index (χ1v) is 7.66. The van der Waals surface area contributed by atoms with Gasteiger partial charge < -0.3 is 4.74 Å². The van der Waals surface area contributed by atoms with E-state index in [1.54, 1.807) is 0 Å². The molecule has 19 heavy (non-hydrogen) atoms. The molecule has 1 amide bonds. The van der Waals surface area contributed by atoms with Crippen molar-refractivity contribution < 1.29 is 9.53 Å². The van der Waals surface area contributed by atoms with Crippen molar-refractivity contribution in [3.05, 3.63) is 35.9 Å². The molecule has 3 nitrogen and oxygen atoms in total. The molecule has 1 atom stereocenters. The van der Waals surface area contributed by atoms with Crippen LogP contribution in [0, 0.1) is 0 Å². The molecule has 0 N–H and O–H groups in total. The SMILES string of the molecule is CC(C)(C)OC(=O)N1CCSC1Cc1ccccc1. The minimum absolute atomic E-state index is 0.192. The lowest BCUT2D eigenvalue weighted by atomic mass is 10.1. The molecule has 0 aliphatic carbocycles. The summed E-state index contributed by atoms with van der Waals surface area (Å²) in [6.07, 6.45) is 0.684. The van der Waals surface area contributed by atoms with Gasteiger partial charge in [-0.25, -0.2) is 4.79 Å². The van der Waals surface area contributed by atoms with E-state index in [0.29, 0.717) is 0 Å². The average Bonchev–Trinajstić information content (AvgIpc) is 2.76. The Morgan fingerprint density at radius 1 is 1.37 bits per heavy atom. The van der Waals surface area contributed by atoms with Crippen molar-refractivity contribution in [3.8, 4) is 0 Å². The molecule has 0 saturated carbocycles. The van der Waals surface area contributed by atoms with Gasteiger partial charge in [-0.15, -0.1) is 11.8 Å². The van der Waals surface area contributed by atoms with Gasteiger partial charge in [0.25, 0.3) is 0 Å². The Balaban J connectivity index is 1.99. The zero-order valence-corrected chi connectivity index (χ0v) is 12.6. The van der Waals surface area contributed by atoms with Crippen LogP contribution >= 0.6 is 11.8 Å². The van der Waals surface area contributed by atoms with Gasteiger partial charge in [-0.05, 0) is 26.3 Å². The summed E-state index contributed by atoms with van der Waals surface area (Å²) in [4.78, 5) is 14.0. The van der Waals surface area contributed by atoms with Crippen LogP contribution in [0.4, 0.5) is 4.79 Å². The zero-order chi connectivity index (χ0) is 13.9. The maximum Gasteiger partial charge on any atom is 0.411 e. The Morgan fingerprint density at radius 2 is 2.05 bits per heavy atom. The number of hydrogen-bond acceptors (Lipinski definition) is 3. The molecule has 1 aromatic rings. The minimum atomic E-state index is -0.429. The predicted molar refractivity (Wildman–Crippen MR) is 79.3 cm³/mol. The Bertz CT molecular complexity index is 428. The number of nitrogens with zero attached hydrogens (tertiary/aromatic N) is 1. The van der Waals surface area contributed by atoms with Gasteiger partial charge in [-0.1, -0.05) is 30.3 Å². The van der Waals surface area contributed by atoms with Crippen LogP contribution in [0.3, 0.4) is 0 Å². The highest BCUT2D eigenvalue weighted by Crippen LogP contribution is 2.28. The smallest absolute Gasteiger partial charge is 0.411 e. The molecule has 1 fully saturated rings. The highest BCUT2D eigenvalue weighted by molar-refractivity contribution is 8.00. The number of hydrogen-bond donors (Lipinski definition) is 0. The molecule has 104 valence electrons. The number of benzene rings is 1. The largest absolute Gasteiger partial charge is 0.444 e. The van der Waals surface area contributed by atoms with Crippen molar-refractivity contribution >= 4 is 17.9 Å². The molecule has 0 bridgehead atoms. The van der Waals surface area contributed by atoms with Crippen LogP contribution in [-0.4, -0.2) is 34.3 Å². The number of ether oxygens (including phenoxy) is 1. The third-order valence-corrected chi connectivity index (χ3v) is 4.10. The third-order valence-electron chi connectivity index (χ3n) is 2.87. The van der Waals surface area contributed by atoms with Crippen molar-refractivity contribution in [1.29, 1.82) is 0 Å². The Labute approximate surface area is 119 Å². The molecule has 1 unspecified atom stereocenters. The van der Waals surface area contributed by atoms with Crippen LogP contribution in [0.5, 0.6) is 0 Å². The summed E-state index contributed by atoms with van der Waals surface area (Å²) in [6.45, 7) is 6.48. The fraction of sp³-hybridized carbons (Fsp3) is 0.533. The van der Waals surface area contributed by atoms with E-state index < -0.39 is 5.60 Å². The van der Waals surface area contributed by atoms with Gasteiger partial charge >= 0.3 is 6.09 Å². The Hall–Kier alpha value is -1.16. The first-order chi connectivity index (χ1) is 8.96. The van der Waals surface area contributed by atoms with Gasteiger partial charge in [0.1, 0.15) is 5.60 Å². The summed E-state index contributed by atoms with van der Waals surface area (Å²) in [7, 11) is 0. The molecule has 4 heteroatoms. The van der Waals surface area contributed by atoms with Gasteiger partial charge in [-0.3, -0.25) is 4.90 Å². The maximum atomic E-state index is 12.2. The van der Waals surface area contributed by atoms with E-state index in [2.05, 4.69) is 12.1 Å². The fourth-order valence-electron chi connectivity index (χ4n) is 2.04. The standard InChI is InChI=1S/C15H21NO2S/c1-15(2,3)18-14(17)16-9-10-19-13(16)11-12-7-5-4-6-8-12/h4-8,13H,9-11H2,1-3H3. The van der Waals surface area contributed by atoms with E-state index in [1.807, 2.05) is 55.6 Å². The zero-order valence-electron chi connectivity index (χ0n) is 11.8. The summed E-state index contributed by atoms with van der Waals surface area (Å²) in [5, 5.41) is 0.192. The first kappa shape index (κ1) is 14.3. The van der Waals surface area contributed by atoms with Gasteiger partial charge in [-0.2, -0.15) is 0 Å². The van der Waals surface area contributed by atoms with E-state index in [4.69, 9.17) is 4.74 Å². The van der Waals surface area contributed by atoms with E-state index in [1.165, 1.54) is 5.56 Å². The van der Waals surface area contributed by atoms with E-state index in [-0.39, 0.29) is 11.5 Å². The van der Waals surface area contributed by atoms with Crippen molar-refractivity contribution in [1.82, 2.24) is 4.90 Å². The Kier molecular flexibility index (Phi) is 4.40. The van der Waals surface area contributed by atoms with Gasteiger partial charge in [0.15, 0.2) is 0 Å². The van der Waals surface area contributed by atoms with Crippen molar-refractivity contribution in [2.24, 2.45) is 0 Å². The number of thioether (sulfide) groups is 1. The lowest BCUT2D eigenvalue weighted by Crippen LogP contribution is -2.40. The fourth-order valence-corrected chi connectivity index (χ4v) is 3.29. The van der Waals surface area contributed by atoms with Gasteiger partial charge in [0, 0.05) is 18.7 Å². The van der Waals surface area contributed by atoms with Gasteiger partial charge in [0.05, 0.1) is 5.37 Å². The van der Waals surface area contributed by atoms with Crippen molar-refractivity contribution in [2.75, 3.05) is 12.3 Å². The molecule has 2 rings (SSSR count). The molecular formula is C15H21NO2S. The normalized spacial score (nSPS) is 19.5. The molecule has 1 heterocycles. The van der Waals surface area contributed by atoms with Crippen LogP contribution in [0.1, 0.15) is 26.3 Å². The molecule has 1 aromatic carbocycles. The van der Waals surface area contributed by atoms with Crippen LogP contribution in [0.25, 0.3) is 0 Å². The average molecular weight is 279 g/mol. The van der Waals surface area contributed by atoms with Gasteiger partial charge in [0.2, 0.25) is 0 Å². The summed E-state index contributed by atoms with van der Waals surface area (Å²) < 4.78 is 5.46. The topological polar surface area (TPSA) is 29.5 Å². The summed E-state index contributed by atoms with van der Waals surface area (Å²) in [5.41, 5.74) is 0.831. The highest BCUT2D eigenvalue weighted by Gasteiger charge is 2.32. The van der Waals surface area contributed by atoms with Crippen LogP contribution in [0.15, 0.2) is 30.3 Å². The molecule has 0 spiro atoms. The highest BCUT2D eigenvalue weighted by atomic mass is 32.2. The number of carbonyl (C=O) groups is 1. The second-order valence-corrected chi connectivity index (χ2v) is 6.97. The van der Waals surface area contributed by atoms with Crippen LogP contribution in [0.2, 0.25) is 0 Å². The predicted octanol–water partition coefficient (Wildman–Crippen LogP) is 3.54. The maximum absolute atomic E-state index is 12.2. The molecule has 1 aliphatic heterocycles. The second kappa shape index (κ2) is 5.87. The Morgan fingerprint density at radius 3 is 2.68 bits per heavy atom. The minimum Gasteiger partial charge on any atom is -0.444 e. The molecule has 0 radical (unpaired) electrons. The van der Waals surface area contributed by atoms with E-state index >= 15 is 0 Å². The lowest BCUT2D eigenvalue weighted by molar-refractivity contribution is 0.0255. The summed E-state index contributed by atoms with van der Waals surface area (Å²) in [5.74, 6) is 0.983. The lowest BCUT2D eigenvalue weighted by Gasteiger charge is -2.28. The monoisotopic (exact) mass is 279 g/mol. The molecule has 0 aromatic heterocycles. The molecule has 1 aliphatic rings. The quantitative estimate of drug-likeness (QED) is 0.829.